The molecular weight excluding hydrogens is 326 g/mol. The SMILES string of the molecule is CN(Cc1cccc(Br)c1)c1c(F)cc(CN)cc1F. The monoisotopic (exact) mass is 340 g/mol. The second kappa shape index (κ2) is 6.33. The number of rotatable bonds is 4. The van der Waals surface area contributed by atoms with Gasteiger partial charge in [-0.05, 0) is 35.4 Å². The average Bonchev–Trinajstić information content (AvgIpc) is 2.37. The van der Waals surface area contributed by atoms with Crippen LogP contribution in [0.1, 0.15) is 11.1 Å². The molecule has 2 aromatic carbocycles. The van der Waals surface area contributed by atoms with E-state index in [1.807, 2.05) is 24.3 Å². The lowest BCUT2D eigenvalue weighted by molar-refractivity contribution is 0.573. The molecule has 2 rings (SSSR count). The second-order valence-corrected chi connectivity index (χ2v) is 5.51. The van der Waals surface area contributed by atoms with E-state index in [4.69, 9.17) is 5.73 Å². The lowest BCUT2D eigenvalue weighted by Crippen LogP contribution is -2.19. The fraction of sp³-hybridized carbons (Fsp3) is 0.200. The first-order chi connectivity index (χ1) is 9.51. The van der Waals surface area contributed by atoms with Crippen LogP contribution in [0.3, 0.4) is 0 Å². The van der Waals surface area contributed by atoms with Crippen molar-refractivity contribution in [3.8, 4) is 0 Å². The second-order valence-electron chi connectivity index (χ2n) is 4.60. The third-order valence-corrected chi connectivity index (χ3v) is 3.50. The molecule has 0 unspecified atom stereocenters. The van der Waals surface area contributed by atoms with E-state index < -0.39 is 11.6 Å². The molecule has 2 N–H and O–H groups in total. The molecule has 0 aliphatic heterocycles. The molecule has 0 radical (unpaired) electrons. The first-order valence-electron chi connectivity index (χ1n) is 6.15. The predicted octanol–water partition coefficient (Wildman–Crippen LogP) is 3.82. The van der Waals surface area contributed by atoms with Crippen LogP contribution in [-0.2, 0) is 13.1 Å². The Kier molecular flexibility index (Phi) is 4.73. The smallest absolute Gasteiger partial charge is 0.149 e. The van der Waals surface area contributed by atoms with Crippen molar-refractivity contribution in [2.75, 3.05) is 11.9 Å². The van der Waals surface area contributed by atoms with Gasteiger partial charge in [-0.15, -0.1) is 0 Å². The molecule has 0 aliphatic rings. The highest BCUT2D eigenvalue weighted by atomic mass is 79.9. The van der Waals surface area contributed by atoms with Gasteiger partial charge in [0.2, 0.25) is 0 Å². The van der Waals surface area contributed by atoms with Gasteiger partial charge in [-0.2, -0.15) is 0 Å². The van der Waals surface area contributed by atoms with Crippen LogP contribution in [0, 0.1) is 11.6 Å². The van der Waals surface area contributed by atoms with E-state index in [1.54, 1.807) is 11.9 Å². The molecule has 0 fully saturated rings. The summed E-state index contributed by atoms with van der Waals surface area (Å²) in [5, 5.41) is 0. The maximum Gasteiger partial charge on any atom is 0.149 e. The molecule has 0 amide bonds. The van der Waals surface area contributed by atoms with Gasteiger partial charge < -0.3 is 10.6 Å². The number of nitrogens with zero attached hydrogens (tertiary/aromatic N) is 1. The summed E-state index contributed by atoms with van der Waals surface area (Å²) in [5.41, 5.74) is 6.77. The highest BCUT2D eigenvalue weighted by Gasteiger charge is 2.15. The standard InChI is InChI=1S/C15H15BrF2N2/c1-20(9-10-3-2-4-12(16)5-10)15-13(17)6-11(8-19)7-14(15)18/h2-7H,8-9,19H2,1H3. The quantitative estimate of drug-likeness (QED) is 0.916. The molecule has 0 aliphatic carbocycles. The fourth-order valence-corrected chi connectivity index (χ4v) is 2.54. The Bertz CT molecular complexity index is 594. The summed E-state index contributed by atoms with van der Waals surface area (Å²) in [4.78, 5) is 1.55. The normalized spacial score (nSPS) is 10.7. The van der Waals surface area contributed by atoms with Crippen LogP contribution in [-0.4, -0.2) is 7.05 Å². The van der Waals surface area contributed by atoms with Gasteiger partial charge in [0.05, 0.1) is 0 Å². The number of benzene rings is 2. The topological polar surface area (TPSA) is 29.3 Å². The molecule has 106 valence electrons. The summed E-state index contributed by atoms with van der Waals surface area (Å²) in [6.07, 6.45) is 0. The molecule has 0 bridgehead atoms. The molecule has 0 heterocycles. The van der Waals surface area contributed by atoms with Crippen molar-refractivity contribution < 1.29 is 8.78 Å². The Balaban J connectivity index is 2.27. The zero-order valence-corrected chi connectivity index (χ0v) is 12.6. The molecule has 0 saturated heterocycles. The number of nitrogens with two attached hydrogens (primary N) is 1. The van der Waals surface area contributed by atoms with Crippen LogP contribution in [0.5, 0.6) is 0 Å². The van der Waals surface area contributed by atoms with Gasteiger partial charge >= 0.3 is 0 Å². The van der Waals surface area contributed by atoms with Crippen LogP contribution in [0.15, 0.2) is 40.9 Å². The van der Waals surface area contributed by atoms with Crippen molar-refractivity contribution in [2.24, 2.45) is 5.73 Å². The highest BCUT2D eigenvalue weighted by molar-refractivity contribution is 9.10. The Hall–Kier alpha value is -1.46. The molecular formula is C15H15BrF2N2. The summed E-state index contributed by atoms with van der Waals surface area (Å²) in [5.74, 6) is -1.19. The van der Waals surface area contributed by atoms with Gasteiger partial charge in [0.15, 0.2) is 0 Å². The Morgan fingerprint density at radius 1 is 1.10 bits per heavy atom. The summed E-state index contributed by atoms with van der Waals surface area (Å²) >= 11 is 3.38. The predicted molar refractivity (Wildman–Crippen MR) is 80.5 cm³/mol. The summed E-state index contributed by atoms with van der Waals surface area (Å²) < 4.78 is 28.9. The Morgan fingerprint density at radius 3 is 2.30 bits per heavy atom. The summed E-state index contributed by atoms with van der Waals surface area (Å²) in [7, 11) is 1.66. The molecule has 5 heteroatoms. The third-order valence-electron chi connectivity index (χ3n) is 3.00. The van der Waals surface area contributed by atoms with Crippen molar-refractivity contribution in [1.29, 1.82) is 0 Å². The van der Waals surface area contributed by atoms with E-state index in [1.165, 1.54) is 12.1 Å². The number of anilines is 1. The van der Waals surface area contributed by atoms with Crippen LogP contribution >= 0.6 is 15.9 Å². The van der Waals surface area contributed by atoms with Gasteiger partial charge in [-0.1, -0.05) is 28.1 Å². The van der Waals surface area contributed by atoms with E-state index >= 15 is 0 Å². The molecule has 2 nitrogen and oxygen atoms in total. The van der Waals surface area contributed by atoms with E-state index in [2.05, 4.69) is 15.9 Å². The van der Waals surface area contributed by atoms with Crippen molar-refractivity contribution in [2.45, 2.75) is 13.1 Å². The zero-order chi connectivity index (χ0) is 14.7. The first kappa shape index (κ1) is 14.9. The van der Waals surface area contributed by atoms with Crippen molar-refractivity contribution >= 4 is 21.6 Å². The van der Waals surface area contributed by atoms with Gasteiger partial charge in [0, 0.05) is 24.6 Å². The molecule has 20 heavy (non-hydrogen) atoms. The van der Waals surface area contributed by atoms with Crippen molar-refractivity contribution in [1.82, 2.24) is 0 Å². The van der Waals surface area contributed by atoms with Crippen LogP contribution < -0.4 is 10.6 Å². The zero-order valence-electron chi connectivity index (χ0n) is 11.0. The number of halogens is 3. The minimum absolute atomic E-state index is 0.0397. The van der Waals surface area contributed by atoms with Gasteiger partial charge in [0.1, 0.15) is 17.3 Å². The molecule has 2 aromatic rings. The molecule has 0 atom stereocenters. The fourth-order valence-electron chi connectivity index (χ4n) is 2.09. The van der Waals surface area contributed by atoms with Crippen LogP contribution in [0.2, 0.25) is 0 Å². The minimum Gasteiger partial charge on any atom is -0.366 e. The summed E-state index contributed by atoms with van der Waals surface area (Å²) in [6.45, 7) is 0.527. The van der Waals surface area contributed by atoms with Gasteiger partial charge in [-0.3, -0.25) is 0 Å². The Labute approximate surface area is 125 Å². The van der Waals surface area contributed by atoms with E-state index in [-0.39, 0.29) is 12.2 Å². The van der Waals surface area contributed by atoms with E-state index in [0.717, 1.165) is 10.0 Å². The highest BCUT2D eigenvalue weighted by Crippen LogP contribution is 2.25. The number of hydrogen-bond donors (Lipinski definition) is 1. The van der Waals surface area contributed by atoms with Crippen molar-refractivity contribution in [3.05, 3.63) is 63.6 Å². The van der Waals surface area contributed by atoms with Crippen molar-refractivity contribution in [3.63, 3.8) is 0 Å². The summed E-state index contributed by atoms with van der Waals surface area (Å²) in [6, 6.07) is 10.2. The maximum absolute atomic E-state index is 14.0. The first-order valence-corrected chi connectivity index (χ1v) is 6.94. The molecule has 0 saturated carbocycles. The third kappa shape index (κ3) is 3.35. The minimum atomic E-state index is -0.594. The lowest BCUT2D eigenvalue weighted by Gasteiger charge is -2.21. The van der Waals surface area contributed by atoms with Gasteiger partial charge in [0.25, 0.3) is 0 Å². The lowest BCUT2D eigenvalue weighted by atomic mass is 10.1. The molecule has 0 aromatic heterocycles. The van der Waals surface area contributed by atoms with Crippen LogP contribution in [0.25, 0.3) is 0 Å². The van der Waals surface area contributed by atoms with E-state index in [9.17, 15) is 8.78 Å². The van der Waals surface area contributed by atoms with Gasteiger partial charge in [-0.25, -0.2) is 8.78 Å². The largest absolute Gasteiger partial charge is 0.366 e. The maximum atomic E-state index is 14.0. The molecule has 0 spiro atoms. The van der Waals surface area contributed by atoms with Crippen LogP contribution in [0.4, 0.5) is 14.5 Å². The number of hydrogen-bond acceptors (Lipinski definition) is 2. The van der Waals surface area contributed by atoms with E-state index in [0.29, 0.717) is 12.1 Å². The average molecular weight is 341 g/mol. The Morgan fingerprint density at radius 2 is 1.75 bits per heavy atom.